The minimum Gasteiger partial charge on any atom is -0.462 e. The van der Waals surface area contributed by atoms with Crippen LogP contribution in [-0.2, 0) is 28.8 Å². The van der Waals surface area contributed by atoms with Gasteiger partial charge < -0.3 is 14.9 Å². The summed E-state index contributed by atoms with van der Waals surface area (Å²) in [5, 5.41) is 18.6. The number of aliphatic hydroxyl groups excluding tert-OH is 2. The third-order valence-corrected chi connectivity index (χ3v) is 6.65. The van der Waals surface area contributed by atoms with Crippen molar-refractivity contribution in [2.75, 3.05) is 19.8 Å². The van der Waals surface area contributed by atoms with Crippen molar-refractivity contribution in [2.45, 2.75) is 46.0 Å². The summed E-state index contributed by atoms with van der Waals surface area (Å²) < 4.78 is 20.4. The lowest BCUT2D eigenvalue weighted by atomic mass is 9.92. The van der Waals surface area contributed by atoms with E-state index >= 15 is 4.39 Å². The fourth-order valence-corrected chi connectivity index (χ4v) is 4.31. The lowest BCUT2D eigenvalue weighted by Crippen LogP contribution is -2.12. The normalized spacial score (nSPS) is 11.1. The summed E-state index contributed by atoms with van der Waals surface area (Å²) in [6.45, 7) is 7.57. The van der Waals surface area contributed by atoms with Crippen molar-refractivity contribution in [3.05, 3.63) is 95.3 Å². The minimum atomic E-state index is -0.364. The summed E-state index contributed by atoms with van der Waals surface area (Å²) in [4.78, 5) is 11.5. The standard InChI is InChI=1S/C32H37FO4/c1-4-26-18-24(7-8-25(20-34)21-35)11-15-29(26)30-16-14-28(19-31(30)33)27-12-9-23(10-13-27)6-5-17-37-32(36)22(2)3/h9-16,18-19,25,34-35H,2,4-8,17,20-21H2,1,3H3. The Labute approximate surface area is 219 Å². The Morgan fingerprint density at radius 3 is 2.19 bits per heavy atom. The molecule has 0 aliphatic heterocycles. The summed E-state index contributed by atoms with van der Waals surface area (Å²) in [7, 11) is 0. The zero-order valence-electron chi connectivity index (χ0n) is 21.8. The minimum absolute atomic E-state index is 0.0253. The molecule has 5 heteroatoms. The monoisotopic (exact) mass is 504 g/mol. The van der Waals surface area contributed by atoms with Gasteiger partial charge in [0.05, 0.1) is 6.61 Å². The number of hydrogen-bond acceptors (Lipinski definition) is 4. The van der Waals surface area contributed by atoms with Crippen LogP contribution < -0.4 is 0 Å². The predicted octanol–water partition coefficient (Wildman–Crippen LogP) is 6.31. The van der Waals surface area contributed by atoms with Crippen molar-refractivity contribution in [3.8, 4) is 22.3 Å². The van der Waals surface area contributed by atoms with E-state index in [4.69, 9.17) is 4.74 Å². The molecular weight excluding hydrogens is 467 g/mol. The number of carbonyl (C=O) groups excluding carboxylic acids is 1. The molecule has 0 fully saturated rings. The smallest absolute Gasteiger partial charge is 0.333 e. The van der Waals surface area contributed by atoms with E-state index in [0.717, 1.165) is 59.1 Å². The summed E-state index contributed by atoms with van der Waals surface area (Å²) in [6, 6.07) is 19.5. The van der Waals surface area contributed by atoms with Gasteiger partial charge in [0.1, 0.15) is 5.82 Å². The molecule has 0 atom stereocenters. The van der Waals surface area contributed by atoms with E-state index in [-0.39, 0.29) is 30.9 Å². The van der Waals surface area contributed by atoms with Gasteiger partial charge in [-0.15, -0.1) is 0 Å². The van der Waals surface area contributed by atoms with E-state index in [9.17, 15) is 15.0 Å². The summed E-state index contributed by atoms with van der Waals surface area (Å²) in [6.07, 6.45) is 3.76. The molecule has 0 spiro atoms. The Kier molecular flexibility index (Phi) is 10.6. The molecule has 0 unspecified atom stereocenters. The zero-order valence-corrected chi connectivity index (χ0v) is 21.8. The first-order valence-electron chi connectivity index (χ1n) is 12.9. The van der Waals surface area contributed by atoms with Gasteiger partial charge in [-0.25, -0.2) is 9.18 Å². The molecule has 4 nitrogen and oxygen atoms in total. The van der Waals surface area contributed by atoms with Gasteiger partial charge in [-0.2, -0.15) is 0 Å². The Balaban J connectivity index is 1.68. The largest absolute Gasteiger partial charge is 0.462 e. The average molecular weight is 505 g/mol. The molecule has 0 bridgehead atoms. The second-order valence-electron chi connectivity index (χ2n) is 9.53. The number of benzene rings is 3. The predicted molar refractivity (Wildman–Crippen MR) is 147 cm³/mol. The lowest BCUT2D eigenvalue weighted by Gasteiger charge is -2.14. The van der Waals surface area contributed by atoms with E-state index in [1.807, 2.05) is 48.5 Å². The van der Waals surface area contributed by atoms with Crippen LogP contribution in [-0.4, -0.2) is 36.0 Å². The van der Waals surface area contributed by atoms with Gasteiger partial charge in [0, 0.05) is 30.3 Å². The van der Waals surface area contributed by atoms with Gasteiger partial charge >= 0.3 is 5.97 Å². The number of ether oxygens (including phenoxy) is 1. The van der Waals surface area contributed by atoms with E-state index in [0.29, 0.717) is 24.2 Å². The highest BCUT2D eigenvalue weighted by Crippen LogP contribution is 2.31. The third-order valence-electron chi connectivity index (χ3n) is 6.65. The lowest BCUT2D eigenvalue weighted by molar-refractivity contribution is -0.139. The molecule has 0 heterocycles. The first kappa shape index (κ1) is 28.3. The molecule has 0 aromatic heterocycles. The van der Waals surface area contributed by atoms with Crippen molar-refractivity contribution in [1.82, 2.24) is 0 Å². The average Bonchev–Trinajstić information content (AvgIpc) is 2.91. The van der Waals surface area contributed by atoms with Crippen molar-refractivity contribution < 1.29 is 24.1 Å². The van der Waals surface area contributed by atoms with Crippen LogP contribution >= 0.6 is 0 Å². The van der Waals surface area contributed by atoms with Crippen LogP contribution in [0.4, 0.5) is 4.39 Å². The number of rotatable bonds is 13. The quantitative estimate of drug-likeness (QED) is 0.163. The van der Waals surface area contributed by atoms with Crippen LogP contribution in [0.3, 0.4) is 0 Å². The Hall–Kier alpha value is -3.28. The number of carbonyl (C=O) groups is 1. The molecule has 0 aliphatic rings. The van der Waals surface area contributed by atoms with Crippen LogP contribution in [0.2, 0.25) is 0 Å². The molecule has 2 N–H and O–H groups in total. The van der Waals surface area contributed by atoms with Crippen LogP contribution in [0.1, 0.15) is 43.4 Å². The molecule has 196 valence electrons. The molecule has 3 aromatic rings. The molecule has 0 amide bonds. The van der Waals surface area contributed by atoms with E-state index in [2.05, 4.69) is 19.6 Å². The Morgan fingerprint density at radius 1 is 0.919 bits per heavy atom. The zero-order chi connectivity index (χ0) is 26.8. The maximum atomic E-state index is 15.3. The fraction of sp³-hybridized carbons (Fsp3) is 0.344. The van der Waals surface area contributed by atoms with Crippen molar-refractivity contribution in [3.63, 3.8) is 0 Å². The molecule has 0 radical (unpaired) electrons. The Bertz CT molecular complexity index is 1200. The van der Waals surface area contributed by atoms with Gasteiger partial charge in [0.2, 0.25) is 0 Å². The topological polar surface area (TPSA) is 66.8 Å². The van der Waals surface area contributed by atoms with Gasteiger partial charge in [-0.3, -0.25) is 0 Å². The second-order valence-corrected chi connectivity index (χ2v) is 9.53. The molecule has 37 heavy (non-hydrogen) atoms. The van der Waals surface area contributed by atoms with Gasteiger partial charge in [0.15, 0.2) is 0 Å². The highest BCUT2D eigenvalue weighted by molar-refractivity contribution is 5.86. The third kappa shape index (κ3) is 7.85. The van der Waals surface area contributed by atoms with Gasteiger partial charge in [-0.1, -0.05) is 68.1 Å². The summed E-state index contributed by atoms with van der Waals surface area (Å²) in [5.41, 5.74) is 6.95. The maximum Gasteiger partial charge on any atom is 0.333 e. The molecular formula is C32H37FO4. The SMILES string of the molecule is C=C(C)C(=O)OCCCc1ccc(-c2ccc(-c3ccc(CCC(CO)CO)cc3CC)c(F)c2)cc1. The number of aryl methyl sites for hydroxylation is 3. The molecule has 3 aromatic carbocycles. The number of esters is 1. The van der Waals surface area contributed by atoms with Crippen LogP contribution in [0, 0.1) is 11.7 Å². The summed E-state index contributed by atoms with van der Waals surface area (Å²) in [5.74, 6) is -0.740. The number of aliphatic hydroxyl groups is 2. The van der Waals surface area contributed by atoms with Gasteiger partial charge in [0.25, 0.3) is 0 Å². The Morgan fingerprint density at radius 2 is 1.57 bits per heavy atom. The van der Waals surface area contributed by atoms with E-state index in [1.54, 1.807) is 13.0 Å². The first-order chi connectivity index (χ1) is 17.9. The maximum absolute atomic E-state index is 15.3. The highest BCUT2D eigenvalue weighted by atomic mass is 19.1. The number of halogens is 1. The second kappa shape index (κ2) is 13.9. The van der Waals surface area contributed by atoms with Crippen LogP contribution in [0.5, 0.6) is 0 Å². The number of hydrogen-bond donors (Lipinski definition) is 2. The van der Waals surface area contributed by atoms with Crippen molar-refractivity contribution in [1.29, 1.82) is 0 Å². The molecule has 0 saturated carbocycles. The summed E-state index contributed by atoms with van der Waals surface area (Å²) >= 11 is 0. The fourth-order valence-electron chi connectivity index (χ4n) is 4.31. The van der Waals surface area contributed by atoms with Crippen LogP contribution in [0.25, 0.3) is 22.3 Å². The first-order valence-corrected chi connectivity index (χ1v) is 12.9. The van der Waals surface area contributed by atoms with Gasteiger partial charge in [-0.05, 0) is 78.5 Å². The highest BCUT2D eigenvalue weighted by Gasteiger charge is 2.13. The van der Waals surface area contributed by atoms with E-state index < -0.39 is 0 Å². The van der Waals surface area contributed by atoms with E-state index in [1.165, 1.54) is 0 Å². The van der Waals surface area contributed by atoms with Crippen LogP contribution in [0.15, 0.2) is 72.8 Å². The molecule has 3 rings (SSSR count). The molecule has 0 aliphatic carbocycles. The van der Waals surface area contributed by atoms with Crippen molar-refractivity contribution in [2.24, 2.45) is 5.92 Å². The van der Waals surface area contributed by atoms with Crippen molar-refractivity contribution >= 4 is 5.97 Å². The molecule has 0 saturated heterocycles.